The first-order chi connectivity index (χ1) is 5.72. The van der Waals surface area contributed by atoms with E-state index in [2.05, 4.69) is 34.7 Å². The fraction of sp³-hybridized carbons (Fsp3) is 1.00. The molecule has 0 aliphatic heterocycles. The Kier molecular flexibility index (Phi) is 8.29. The molecule has 0 spiro atoms. The van der Waals surface area contributed by atoms with Crippen molar-refractivity contribution in [2.75, 3.05) is 25.0 Å². The van der Waals surface area contributed by atoms with Crippen LogP contribution in [0.4, 0.5) is 0 Å². The highest BCUT2D eigenvalue weighted by molar-refractivity contribution is 9.09. The Morgan fingerprint density at radius 3 is 2.25 bits per heavy atom. The van der Waals surface area contributed by atoms with Gasteiger partial charge >= 0.3 is 0 Å². The van der Waals surface area contributed by atoms with E-state index in [1.165, 1.54) is 6.42 Å². The van der Waals surface area contributed by atoms with Crippen molar-refractivity contribution >= 4 is 15.9 Å². The molecule has 0 atom stereocenters. The maximum Gasteiger partial charge on any atom is 0.0443 e. The Labute approximate surface area is 84.1 Å². The first-order valence-corrected chi connectivity index (χ1v) is 5.75. The zero-order chi connectivity index (χ0) is 9.40. The normalized spacial score (nSPS) is 11.5. The van der Waals surface area contributed by atoms with Gasteiger partial charge in [-0.25, -0.2) is 0 Å². The highest BCUT2D eigenvalue weighted by Crippen LogP contribution is 2.02. The lowest BCUT2D eigenvalue weighted by molar-refractivity contribution is 0.192. The fourth-order valence-electron chi connectivity index (χ4n) is 1.16. The summed E-state index contributed by atoms with van der Waals surface area (Å²) in [6, 6.07) is 0.593. The highest BCUT2D eigenvalue weighted by Gasteiger charge is 2.07. The molecule has 0 saturated carbocycles. The molecule has 0 saturated heterocycles. The standard InChI is InChI=1S/C9H20BrNO/c1-9(2)11(6-3-5-10)7-4-8-12/h9,12H,3-8H2,1-2H3. The summed E-state index contributed by atoms with van der Waals surface area (Å²) >= 11 is 3.42. The average Bonchev–Trinajstić information content (AvgIpc) is 2.04. The average molecular weight is 238 g/mol. The zero-order valence-electron chi connectivity index (χ0n) is 8.09. The molecule has 0 heterocycles. The smallest absolute Gasteiger partial charge is 0.0443 e. The van der Waals surface area contributed by atoms with Gasteiger partial charge in [-0.2, -0.15) is 0 Å². The van der Waals surface area contributed by atoms with Crippen LogP contribution in [0, 0.1) is 0 Å². The van der Waals surface area contributed by atoms with Crippen LogP contribution in [0.2, 0.25) is 0 Å². The first kappa shape index (κ1) is 12.4. The number of nitrogens with zero attached hydrogens (tertiary/aromatic N) is 1. The molecule has 0 aliphatic carbocycles. The maximum atomic E-state index is 8.69. The summed E-state index contributed by atoms with van der Waals surface area (Å²) in [4.78, 5) is 2.40. The van der Waals surface area contributed by atoms with Crippen molar-refractivity contribution in [2.24, 2.45) is 0 Å². The second-order valence-electron chi connectivity index (χ2n) is 3.25. The Hall–Kier alpha value is 0.400. The minimum atomic E-state index is 0.303. The van der Waals surface area contributed by atoms with Crippen LogP contribution >= 0.6 is 15.9 Å². The lowest BCUT2D eigenvalue weighted by Gasteiger charge is -2.25. The third kappa shape index (κ3) is 5.98. The van der Waals surface area contributed by atoms with Crippen LogP contribution in [0.1, 0.15) is 26.7 Å². The van der Waals surface area contributed by atoms with Crippen LogP contribution < -0.4 is 0 Å². The largest absolute Gasteiger partial charge is 0.396 e. The summed E-state index contributed by atoms with van der Waals surface area (Å²) < 4.78 is 0. The van der Waals surface area contributed by atoms with Gasteiger partial charge in [-0.1, -0.05) is 15.9 Å². The molecule has 2 nitrogen and oxygen atoms in total. The number of hydrogen-bond acceptors (Lipinski definition) is 2. The molecule has 0 aromatic rings. The van der Waals surface area contributed by atoms with Gasteiger partial charge in [0.2, 0.25) is 0 Å². The predicted octanol–water partition coefficient (Wildman–Crippen LogP) is 1.86. The quantitative estimate of drug-likeness (QED) is 0.684. The van der Waals surface area contributed by atoms with Crippen LogP contribution in [0.15, 0.2) is 0 Å². The molecule has 0 aromatic carbocycles. The van der Waals surface area contributed by atoms with Crippen LogP contribution in [0.3, 0.4) is 0 Å². The van der Waals surface area contributed by atoms with Crippen molar-refractivity contribution in [1.29, 1.82) is 0 Å². The van der Waals surface area contributed by atoms with Crippen molar-refractivity contribution in [3.8, 4) is 0 Å². The van der Waals surface area contributed by atoms with E-state index in [0.29, 0.717) is 12.6 Å². The van der Waals surface area contributed by atoms with E-state index in [0.717, 1.165) is 24.8 Å². The van der Waals surface area contributed by atoms with Gasteiger partial charge in [0, 0.05) is 24.5 Å². The molecule has 0 aromatic heterocycles. The summed E-state index contributed by atoms with van der Waals surface area (Å²) in [7, 11) is 0. The molecule has 0 amide bonds. The van der Waals surface area contributed by atoms with Crippen LogP contribution in [0.5, 0.6) is 0 Å². The lowest BCUT2D eigenvalue weighted by atomic mass is 10.2. The van der Waals surface area contributed by atoms with Gasteiger partial charge in [-0.05, 0) is 33.2 Å². The SMILES string of the molecule is CC(C)N(CCCO)CCCBr. The van der Waals surface area contributed by atoms with Gasteiger partial charge in [-0.15, -0.1) is 0 Å². The summed E-state index contributed by atoms with van der Waals surface area (Å²) in [5.41, 5.74) is 0. The molecule has 0 unspecified atom stereocenters. The zero-order valence-corrected chi connectivity index (χ0v) is 9.68. The molecule has 3 heteroatoms. The van der Waals surface area contributed by atoms with Gasteiger partial charge in [-0.3, -0.25) is 0 Å². The molecule has 0 bridgehead atoms. The van der Waals surface area contributed by atoms with E-state index in [1.807, 2.05) is 0 Å². The van der Waals surface area contributed by atoms with Gasteiger partial charge in [0.25, 0.3) is 0 Å². The summed E-state index contributed by atoms with van der Waals surface area (Å²) in [5.74, 6) is 0. The third-order valence-corrected chi connectivity index (χ3v) is 2.47. The molecule has 12 heavy (non-hydrogen) atoms. The third-order valence-electron chi connectivity index (χ3n) is 1.91. The first-order valence-electron chi connectivity index (χ1n) is 4.63. The van der Waals surface area contributed by atoms with Gasteiger partial charge in [0.05, 0.1) is 0 Å². The number of halogens is 1. The number of hydrogen-bond donors (Lipinski definition) is 1. The molecule has 74 valence electrons. The second kappa shape index (κ2) is 8.02. The van der Waals surface area contributed by atoms with E-state index < -0.39 is 0 Å². The van der Waals surface area contributed by atoms with Gasteiger partial charge in [0.1, 0.15) is 0 Å². The van der Waals surface area contributed by atoms with Crippen molar-refractivity contribution in [2.45, 2.75) is 32.7 Å². The Morgan fingerprint density at radius 2 is 1.83 bits per heavy atom. The summed E-state index contributed by atoms with van der Waals surface area (Å²) in [5, 5.41) is 9.75. The molecular formula is C9H20BrNO. The van der Waals surface area contributed by atoms with E-state index in [1.54, 1.807) is 0 Å². The molecule has 1 N–H and O–H groups in total. The van der Waals surface area contributed by atoms with Crippen molar-refractivity contribution in [1.82, 2.24) is 4.90 Å². The molecule has 0 radical (unpaired) electrons. The van der Waals surface area contributed by atoms with E-state index in [9.17, 15) is 0 Å². The summed E-state index contributed by atoms with van der Waals surface area (Å²) in [6.07, 6.45) is 2.07. The highest BCUT2D eigenvalue weighted by atomic mass is 79.9. The van der Waals surface area contributed by atoms with Crippen molar-refractivity contribution < 1.29 is 5.11 Å². The minimum Gasteiger partial charge on any atom is -0.396 e. The molecule has 0 fully saturated rings. The van der Waals surface area contributed by atoms with Crippen LogP contribution in [-0.4, -0.2) is 41.1 Å². The number of alkyl halides is 1. The van der Waals surface area contributed by atoms with Crippen LogP contribution in [-0.2, 0) is 0 Å². The monoisotopic (exact) mass is 237 g/mol. The lowest BCUT2D eigenvalue weighted by Crippen LogP contribution is -2.33. The second-order valence-corrected chi connectivity index (χ2v) is 4.04. The molecule has 0 aliphatic rings. The number of aliphatic hydroxyl groups excluding tert-OH is 1. The van der Waals surface area contributed by atoms with Crippen molar-refractivity contribution in [3.05, 3.63) is 0 Å². The summed E-state index contributed by atoms with van der Waals surface area (Å²) in [6.45, 7) is 6.85. The van der Waals surface area contributed by atoms with E-state index in [4.69, 9.17) is 5.11 Å². The van der Waals surface area contributed by atoms with E-state index in [-0.39, 0.29) is 0 Å². The maximum absolute atomic E-state index is 8.69. The number of aliphatic hydroxyl groups is 1. The Bertz CT molecular complexity index is 90.5. The Morgan fingerprint density at radius 1 is 1.25 bits per heavy atom. The minimum absolute atomic E-state index is 0.303. The number of rotatable bonds is 7. The fourth-order valence-corrected chi connectivity index (χ4v) is 1.42. The van der Waals surface area contributed by atoms with Gasteiger partial charge in [0.15, 0.2) is 0 Å². The molecule has 0 rings (SSSR count). The molecular weight excluding hydrogens is 218 g/mol. The predicted molar refractivity (Wildman–Crippen MR) is 56.8 cm³/mol. The topological polar surface area (TPSA) is 23.5 Å². The van der Waals surface area contributed by atoms with E-state index >= 15 is 0 Å². The Balaban J connectivity index is 3.55. The van der Waals surface area contributed by atoms with Crippen molar-refractivity contribution in [3.63, 3.8) is 0 Å². The van der Waals surface area contributed by atoms with Gasteiger partial charge < -0.3 is 10.0 Å². The van der Waals surface area contributed by atoms with Crippen LogP contribution in [0.25, 0.3) is 0 Å².